The van der Waals surface area contributed by atoms with Gasteiger partial charge in [0.1, 0.15) is 0 Å². The summed E-state index contributed by atoms with van der Waals surface area (Å²) in [5.41, 5.74) is 0. The Balaban J connectivity index is 2.66. The summed E-state index contributed by atoms with van der Waals surface area (Å²) in [5, 5.41) is 1.33. The lowest BCUT2D eigenvalue weighted by atomic mass is 9.84. The van der Waals surface area contributed by atoms with Gasteiger partial charge in [-0.2, -0.15) is 12.6 Å². The van der Waals surface area contributed by atoms with Crippen LogP contribution in [0.15, 0.2) is 0 Å². The van der Waals surface area contributed by atoms with E-state index < -0.39 is 20.6 Å². The summed E-state index contributed by atoms with van der Waals surface area (Å²) in [7, 11) is -9.58. The molecular weight excluding hydrogens is 312 g/mol. The molecule has 0 radical (unpaired) electrons. The van der Waals surface area contributed by atoms with E-state index in [4.69, 9.17) is 19.6 Å². The van der Waals surface area contributed by atoms with Gasteiger partial charge in [0, 0.05) is 0 Å². The van der Waals surface area contributed by atoms with Crippen LogP contribution in [0.5, 0.6) is 0 Å². The van der Waals surface area contributed by atoms with Crippen molar-refractivity contribution in [3.8, 4) is 0 Å². The van der Waals surface area contributed by atoms with Gasteiger partial charge in [0.05, 0.1) is 0 Å². The molecule has 2 atom stereocenters. The average molecular weight is 333 g/mol. The Morgan fingerprint density at radius 1 is 1.16 bits per heavy atom. The normalized spacial score (nSPS) is 25.8. The van der Waals surface area contributed by atoms with Crippen molar-refractivity contribution in [1.82, 2.24) is 5.32 Å². The smallest absolute Gasteiger partial charge is 0.324 e. The second kappa shape index (κ2) is 7.05. The van der Waals surface area contributed by atoms with Crippen LogP contribution >= 0.6 is 27.8 Å². The molecule has 114 valence electrons. The van der Waals surface area contributed by atoms with E-state index in [9.17, 15) is 9.13 Å². The van der Waals surface area contributed by atoms with Crippen LogP contribution in [-0.4, -0.2) is 43.8 Å². The lowest BCUT2D eigenvalue weighted by molar-refractivity contribution is 0.254. The van der Waals surface area contributed by atoms with Crippen LogP contribution in [0.1, 0.15) is 19.3 Å². The quantitative estimate of drug-likeness (QED) is 0.310. The standard InChI is InChI=1S/C9H21NO6P2S/c11-17(12,13)9(18(14,15)16)2-1-7-3-4-10-5-8(7)6-19/h7-10,19H,1-6H2,(H2,11,12,13)(H2,14,15,16). The topological polar surface area (TPSA) is 127 Å². The van der Waals surface area contributed by atoms with Gasteiger partial charge in [-0.25, -0.2) is 0 Å². The van der Waals surface area contributed by atoms with E-state index in [-0.39, 0.29) is 18.3 Å². The molecule has 0 aromatic carbocycles. The van der Waals surface area contributed by atoms with Crippen molar-refractivity contribution >= 4 is 27.8 Å². The molecule has 0 amide bonds. The second-order valence-corrected chi connectivity index (χ2v) is 9.31. The molecule has 0 bridgehead atoms. The molecule has 0 spiro atoms. The maximum absolute atomic E-state index is 11.2. The van der Waals surface area contributed by atoms with Crippen LogP contribution in [0, 0.1) is 11.8 Å². The third-order valence-electron chi connectivity index (χ3n) is 3.57. The van der Waals surface area contributed by atoms with Crippen LogP contribution in [-0.2, 0) is 9.13 Å². The maximum atomic E-state index is 11.2. The van der Waals surface area contributed by atoms with Gasteiger partial charge >= 0.3 is 15.2 Å². The fraction of sp³-hybridized carbons (Fsp3) is 1.00. The van der Waals surface area contributed by atoms with Gasteiger partial charge in [-0.05, 0) is 49.9 Å². The van der Waals surface area contributed by atoms with E-state index in [1.165, 1.54) is 0 Å². The van der Waals surface area contributed by atoms with Crippen LogP contribution in [0.3, 0.4) is 0 Å². The Labute approximate surface area is 117 Å². The molecule has 2 unspecified atom stereocenters. The first-order chi connectivity index (χ1) is 8.66. The van der Waals surface area contributed by atoms with Gasteiger partial charge < -0.3 is 24.9 Å². The summed E-state index contributed by atoms with van der Waals surface area (Å²) in [5.74, 6) is 1.11. The molecule has 1 aliphatic heterocycles. The van der Waals surface area contributed by atoms with Crippen LogP contribution in [0.2, 0.25) is 0 Å². The zero-order valence-corrected chi connectivity index (χ0v) is 13.1. The third kappa shape index (κ3) is 5.48. The van der Waals surface area contributed by atoms with E-state index in [1.807, 2.05) is 0 Å². The molecule has 19 heavy (non-hydrogen) atoms. The Morgan fingerprint density at radius 2 is 1.74 bits per heavy atom. The molecular formula is C9H21NO6P2S. The van der Waals surface area contributed by atoms with Crippen molar-refractivity contribution in [2.45, 2.75) is 24.7 Å². The first-order valence-corrected chi connectivity index (χ1v) is 10.1. The third-order valence-corrected chi connectivity index (χ3v) is 7.92. The molecule has 1 saturated heterocycles. The summed E-state index contributed by atoms with van der Waals surface area (Å²) in [6.07, 6.45) is 1.07. The van der Waals surface area contributed by atoms with Gasteiger partial charge in [0.25, 0.3) is 0 Å². The van der Waals surface area contributed by atoms with E-state index in [1.54, 1.807) is 0 Å². The van der Waals surface area contributed by atoms with Gasteiger partial charge in [-0.3, -0.25) is 9.13 Å². The summed E-state index contributed by atoms with van der Waals surface area (Å²) in [6, 6.07) is 0. The maximum Gasteiger partial charge on any atom is 0.340 e. The highest BCUT2D eigenvalue weighted by molar-refractivity contribution is 7.80. The minimum absolute atomic E-state index is 0.163. The Kier molecular flexibility index (Phi) is 6.55. The van der Waals surface area contributed by atoms with Crippen molar-refractivity contribution in [1.29, 1.82) is 0 Å². The average Bonchev–Trinajstić information content (AvgIpc) is 2.26. The number of hydrogen-bond donors (Lipinski definition) is 6. The monoisotopic (exact) mass is 333 g/mol. The SMILES string of the molecule is O=P(O)(O)C(CCC1CCNCC1CS)P(=O)(O)O. The molecule has 1 heterocycles. The first kappa shape index (κ1) is 17.7. The van der Waals surface area contributed by atoms with Gasteiger partial charge in [0.2, 0.25) is 0 Å². The molecule has 5 N–H and O–H groups in total. The molecule has 0 aromatic heterocycles. The van der Waals surface area contributed by atoms with E-state index in [2.05, 4.69) is 17.9 Å². The molecule has 1 rings (SSSR count). The molecule has 0 aromatic rings. The first-order valence-electron chi connectivity index (χ1n) is 6.08. The highest BCUT2D eigenvalue weighted by atomic mass is 32.1. The molecule has 1 fully saturated rings. The highest BCUT2D eigenvalue weighted by Crippen LogP contribution is 2.61. The van der Waals surface area contributed by atoms with Crippen molar-refractivity contribution < 1.29 is 28.7 Å². The van der Waals surface area contributed by atoms with Crippen LogP contribution < -0.4 is 5.32 Å². The fourth-order valence-corrected chi connectivity index (χ4v) is 5.43. The van der Waals surface area contributed by atoms with E-state index in [0.29, 0.717) is 12.2 Å². The van der Waals surface area contributed by atoms with E-state index in [0.717, 1.165) is 19.5 Å². The Bertz CT molecular complexity index is 361. The molecule has 1 aliphatic rings. The van der Waals surface area contributed by atoms with Crippen LogP contribution in [0.4, 0.5) is 0 Å². The van der Waals surface area contributed by atoms with E-state index >= 15 is 0 Å². The van der Waals surface area contributed by atoms with Crippen molar-refractivity contribution in [3.05, 3.63) is 0 Å². The van der Waals surface area contributed by atoms with Crippen molar-refractivity contribution in [2.24, 2.45) is 11.8 Å². The van der Waals surface area contributed by atoms with Gasteiger partial charge in [-0.1, -0.05) is 0 Å². The molecule has 0 aliphatic carbocycles. The Hall–Kier alpha value is 0.610. The minimum atomic E-state index is -4.79. The van der Waals surface area contributed by atoms with Gasteiger partial charge in [0.15, 0.2) is 5.40 Å². The predicted molar refractivity (Wildman–Crippen MR) is 75.4 cm³/mol. The zero-order valence-electron chi connectivity index (χ0n) is 10.4. The fourth-order valence-electron chi connectivity index (χ4n) is 2.47. The predicted octanol–water partition coefficient (Wildman–Crippen LogP) is 0.604. The Morgan fingerprint density at radius 3 is 2.21 bits per heavy atom. The van der Waals surface area contributed by atoms with Gasteiger partial charge in [-0.15, -0.1) is 0 Å². The zero-order chi connectivity index (χ0) is 14.7. The summed E-state index contributed by atoms with van der Waals surface area (Å²) >= 11 is 4.23. The summed E-state index contributed by atoms with van der Waals surface area (Å²) in [6.45, 7) is 1.59. The molecule has 0 saturated carbocycles. The highest BCUT2D eigenvalue weighted by Gasteiger charge is 2.43. The number of thiol groups is 1. The second-order valence-electron chi connectivity index (χ2n) is 4.93. The minimum Gasteiger partial charge on any atom is -0.324 e. The van der Waals surface area contributed by atoms with Crippen LogP contribution in [0.25, 0.3) is 0 Å². The number of rotatable bonds is 6. The molecule has 10 heteroatoms. The lowest BCUT2D eigenvalue weighted by Gasteiger charge is -2.32. The number of piperidine rings is 1. The lowest BCUT2D eigenvalue weighted by Crippen LogP contribution is -2.37. The van der Waals surface area contributed by atoms with Crippen molar-refractivity contribution in [3.63, 3.8) is 0 Å². The molecule has 7 nitrogen and oxygen atoms in total. The largest absolute Gasteiger partial charge is 0.340 e. The summed E-state index contributed by atoms with van der Waals surface area (Å²) in [4.78, 5) is 36.2. The number of nitrogens with one attached hydrogen (secondary N) is 1. The van der Waals surface area contributed by atoms with Crippen molar-refractivity contribution in [2.75, 3.05) is 18.8 Å². The summed E-state index contributed by atoms with van der Waals surface area (Å²) < 4.78 is 22.4. The number of hydrogen-bond acceptors (Lipinski definition) is 4.